The first kappa shape index (κ1) is 7.89. The number of ether oxygens (including phenoxy) is 1. The number of halogens is 1. The highest BCUT2D eigenvalue weighted by molar-refractivity contribution is 4.67. The van der Waals surface area contributed by atoms with Crippen LogP contribution in [0.5, 0.6) is 0 Å². The molecule has 0 aliphatic carbocycles. The van der Waals surface area contributed by atoms with Crippen LogP contribution in [0.15, 0.2) is 0 Å². The van der Waals surface area contributed by atoms with E-state index < -0.39 is 0 Å². The molecular weight excluding hydrogens is 107 g/mol. The molecule has 8 heavy (non-hydrogen) atoms. The van der Waals surface area contributed by atoms with E-state index in [1.807, 2.05) is 0 Å². The normalized spacial score (nSPS) is 24.4. The maximum atomic E-state index is 5.01. The molecule has 2 heteroatoms. The number of epoxide rings is 1. The van der Waals surface area contributed by atoms with Crippen molar-refractivity contribution >= 4 is 0 Å². The van der Waals surface area contributed by atoms with Crippen LogP contribution in [0.25, 0.3) is 0 Å². The van der Waals surface area contributed by atoms with Crippen LogP contribution in [0.3, 0.4) is 0 Å². The Morgan fingerprint density at radius 2 is 2.25 bits per heavy atom. The fourth-order valence-electron chi connectivity index (χ4n) is 0.667. The Kier molecular flexibility index (Phi) is 3.79. The average Bonchev–Trinajstić information content (AvgIpc) is 2.42. The molecule has 0 amide bonds. The Balaban J connectivity index is 0.000000490. The molecule has 1 aliphatic rings. The Morgan fingerprint density at radius 1 is 1.62 bits per heavy atom. The predicted octanol–water partition coefficient (Wildman–Crippen LogP) is 1.73. The minimum atomic E-state index is 0. The lowest BCUT2D eigenvalue weighted by atomic mass is 10.2. The quantitative estimate of drug-likeness (QED) is 0.517. The predicted molar refractivity (Wildman–Crippen MR) is 31.8 cm³/mol. The molecule has 1 heterocycles. The van der Waals surface area contributed by atoms with Gasteiger partial charge in [0.25, 0.3) is 0 Å². The standard InChI is InChI=1S/C6H12O.FH/c1-2-3-4-6-5-7-6;/h6H,2-5H2,1H3;1H. The van der Waals surface area contributed by atoms with Crippen LogP contribution in [0, 0.1) is 0 Å². The van der Waals surface area contributed by atoms with E-state index in [0.717, 1.165) is 6.61 Å². The van der Waals surface area contributed by atoms with Gasteiger partial charge in [-0.15, -0.1) is 0 Å². The van der Waals surface area contributed by atoms with Gasteiger partial charge in [-0.2, -0.15) is 0 Å². The molecule has 0 aromatic rings. The first-order valence-electron chi connectivity index (χ1n) is 3.05. The van der Waals surface area contributed by atoms with Gasteiger partial charge in [0, 0.05) is 0 Å². The minimum absolute atomic E-state index is 0. The van der Waals surface area contributed by atoms with Crippen molar-refractivity contribution in [2.75, 3.05) is 6.61 Å². The molecule has 0 aromatic carbocycles. The van der Waals surface area contributed by atoms with Crippen molar-refractivity contribution in [3.63, 3.8) is 0 Å². The third-order valence-electron chi connectivity index (χ3n) is 1.28. The summed E-state index contributed by atoms with van der Waals surface area (Å²) in [6.45, 7) is 3.24. The zero-order chi connectivity index (χ0) is 5.11. The van der Waals surface area contributed by atoms with Gasteiger partial charge >= 0.3 is 0 Å². The smallest absolute Gasteiger partial charge is 0.0810 e. The van der Waals surface area contributed by atoms with Crippen molar-refractivity contribution in [2.24, 2.45) is 0 Å². The zero-order valence-corrected chi connectivity index (χ0v) is 5.22. The molecule has 0 spiro atoms. The van der Waals surface area contributed by atoms with Crippen LogP contribution < -0.4 is 0 Å². The molecule has 0 saturated carbocycles. The van der Waals surface area contributed by atoms with E-state index in [1.54, 1.807) is 0 Å². The highest BCUT2D eigenvalue weighted by Gasteiger charge is 2.20. The van der Waals surface area contributed by atoms with Gasteiger partial charge in [-0.3, -0.25) is 4.70 Å². The first-order valence-corrected chi connectivity index (χ1v) is 3.05. The van der Waals surface area contributed by atoms with Crippen LogP contribution in [-0.4, -0.2) is 12.7 Å². The number of hydrogen-bond donors (Lipinski definition) is 0. The Morgan fingerprint density at radius 3 is 2.62 bits per heavy atom. The van der Waals surface area contributed by atoms with Crippen LogP contribution in [0.2, 0.25) is 0 Å². The molecular formula is C6H13FO. The maximum absolute atomic E-state index is 5.01. The van der Waals surface area contributed by atoms with E-state index in [0.29, 0.717) is 6.10 Å². The lowest BCUT2D eigenvalue weighted by Gasteiger charge is -1.86. The molecule has 1 saturated heterocycles. The summed E-state index contributed by atoms with van der Waals surface area (Å²) in [5.74, 6) is 0. The van der Waals surface area contributed by atoms with Crippen LogP contribution >= 0.6 is 0 Å². The van der Waals surface area contributed by atoms with E-state index in [1.165, 1.54) is 19.3 Å². The summed E-state index contributed by atoms with van der Waals surface area (Å²) >= 11 is 0. The molecule has 0 radical (unpaired) electrons. The molecule has 50 valence electrons. The summed E-state index contributed by atoms with van der Waals surface area (Å²) in [6, 6.07) is 0. The fourth-order valence-corrected chi connectivity index (χ4v) is 0.667. The lowest BCUT2D eigenvalue weighted by Crippen LogP contribution is -1.81. The molecule has 0 bridgehead atoms. The summed E-state index contributed by atoms with van der Waals surface area (Å²) in [6.07, 6.45) is 4.58. The van der Waals surface area contributed by atoms with Crippen molar-refractivity contribution in [1.82, 2.24) is 0 Å². The van der Waals surface area contributed by atoms with Gasteiger partial charge in [0.05, 0.1) is 12.7 Å². The minimum Gasteiger partial charge on any atom is -0.373 e. The molecule has 0 aromatic heterocycles. The summed E-state index contributed by atoms with van der Waals surface area (Å²) in [5, 5.41) is 0. The first-order chi connectivity index (χ1) is 3.43. The van der Waals surface area contributed by atoms with Crippen LogP contribution in [0.4, 0.5) is 4.70 Å². The van der Waals surface area contributed by atoms with E-state index in [-0.39, 0.29) is 4.70 Å². The maximum Gasteiger partial charge on any atom is 0.0810 e. The average molecular weight is 120 g/mol. The highest BCUT2D eigenvalue weighted by atomic mass is 19.0. The van der Waals surface area contributed by atoms with E-state index in [4.69, 9.17) is 4.74 Å². The second-order valence-electron chi connectivity index (χ2n) is 2.10. The molecule has 0 N–H and O–H groups in total. The summed E-state index contributed by atoms with van der Waals surface area (Å²) in [7, 11) is 0. The van der Waals surface area contributed by atoms with Gasteiger partial charge < -0.3 is 4.74 Å². The zero-order valence-electron chi connectivity index (χ0n) is 5.22. The second kappa shape index (κ2) is 3.84. The molecule has 1 atom stereocenters. The van der Waals surface area contributed by atoms with Gasteiger partial charge in [0.15, 0.2) is 0 Å². The summed E-state index contributed by atoms with van der Waals surface area (Å²) < 4.78 is 5.01. The van der Waals surface area contributed by atoms with Crippen molar-refractivity contribution in [2.45, 2.75) is 32.3 Å². The lowest BCUT2D eigenvalue weighted by molar-refractivity contribution is 0.391. The molecule has 1 rings (SSSR count). The molecule has 1 nitrogen and oxygen atoms in total. The number of hydrogen-bond acceptors (Lipinski definition) is 1. The topological polar surface area (TPSA) is 12.5 Å². The molecule has 1 unspecified atom stereocenters. The third kappa shape index (κ3) is 2.97. The van der Waals surface area contributed by atoms with Crippen molar-refractivity contribution in [3.05, 3.63) is 0 Å². The summed E-state index contributed by atoms with van der Waals surface area (Å²) in [5.41, 5.74) is 0. The van der Waals surface area contributed by atoms with Crippen molar-refractivity contribution < 1.29 is 9.44 Å². The van der Waals surface area contributed by atoms with Crippen molar-refractivity contribution in [3.8, 4) is 0 Å². The van der Waals surface area contributed by atoms with Crippen LogP contribution in [-0.2, 0) is 4.74 Å². The van der Waals surface area contributed by atoms with Crippen LogP contribution in [0.1, 0.15) is 26.2 Å². The number of rotatable bonds is 3. The highest BCUT2D eigenvalue weighted by Crippen LogP contribution is 2.15. The van der Waals surface area contributed by atoms with Gasteiger partial charge in [-0.1, -0.05) is 19.8 Å². The molecule has 1 aliphatic heterocycles. The Hall–Kier alpha value is -0.110. The van der Waals surface area contributed by atoms with Gasteiger partial charge in [0.2, 0.25) is 0 Å². The SMILES string of the molecule is CCCCC1CO1.F. The van der Waals surface area contributed by atoms with E-state index in [2.05, 4.69) is 6.92 Å². The van der Waals surface area contributed by atoms with Crippen molar-refractivity contribution in [1.29, 1.82) is 0 Å². The van der Waals surface area contributed by atoms with Gasteiger partial charge in [0.1, 0.15) is 0 Å². The second-order valence-corrected chi connectivity index (χ2v) is 2.10. The van der Waals surface area contributed by atoms with Gasteiger partial charge in [-0.05, 0) is 6.42 Å². The third-order valence-corrected chi connectivity index (χ3v) is 1.28. The fraction of sp³-hybridized carbons (Fsp3) is 1.00. The number of unbranched alkanes of at least 4 members (excludes halogenated alkanes) is 1. The van der Waals surface area contributed by atoms with Gasteiger partial charge in [-0.25, -0.2) is 0 Å². The molecule has 1 fully saturated rings. The monoisotopic (exact) mass is 120 g/mol. The van der Waals surface area contributed by atoms with E-state index in [9.17, 15) is 0 Å². The Bertz CT molecular complexity index is 52.5. The Labute approximate surface area is 49.4 Å². The largest absolute Gasteiger partial charge is 0.373 e. The summed E-state index contributed by atoms with van der Waals surface area (Å²) in [4.78, 5) is 0. The van der Waals surface area contributed by atoms with E-state index >= 15 is 0 Å².